The Balaban J connectivity index is 1.52. The van der Waals surface area contributed by atoms with E-state index < -0.39 is 5.41 Å². The van der Waals surface area contributed by atoms with Gasteiger partial charge in [-0.25, -0.2) is 0 Å². The lowest BCUT2D eigenvalue weighted by atomic mass is 9.62. The molecule has 34 heavy (non-hydrogen) atoms. The molecule has 1 aromatic heterocycles. The van der Waals surface area contributed by atoms with Crippen molar-refractivity contribution in [3.8, 4) is 16.9 Å². The van der Waals surface area contributed by atoms with Crippen molar-refractivity contribution in [2.24, 2.45) is 10.2 Å². The molecule has 7 heteroatoms. The lowest BCUT2D eigenvalue weighted by molar-refractivity contribution is -0.120. The van der Waals surface area contributed by atoms with Gasteiger partial charge in [-0.2, -0.15) is 10.2 Å². The molecule has 1 aliphatic carbocycles. The molecule has 1 amide bonds. The van der Waals surface area contributed by atoms with E-state index in [-0.39, 0.29) is 23.7 Å². The molecule has 1 saturated carbocycles. The number of benzene rings is 1. The van der Waals surface area contributed by atoms with E-state index in [9.17, 15) is 4.79 Å². The summed E-state index contributed by atoms with van der Waals surface area (Å²) >= 11 is 0. The normalized spacial score (nSPS) is 26.9. The Hall–Kier alpha value is -3.48. The Labute approximate surface area is 199 Å². The molecule has 1 aromatic carbocycles. The zero-order valence-corrected chi connectivity index (χ0v) is 19.8. The average molecular weight is 456 g/mol. The summed E-state index contributed by atoms with van der Waals surface area (Å²) in [4.78, 5) is 17.9. The molecule has 1 unspecified atom stereocenters. The Morgan fingerprint density at radius 2 is 2.06 bits per heavy atom. The summed E-state index contributed by atoms with van der Waals surface area (Å²) in [5.74, 6) is 0.775. The predicted molar refractivity (Wildman–Crippen MR) is 129 cm³/mol. The molecule has 6 rings (SSSR count). The number of nitrogens with zero attached hydrogens (tertiary/aromatic N) is 3. The van der Waals surface area contributed by atoms with E-state index in [2.05, 4.69) is 70.9 Å². The highest BCUT2D eigenvalue weighted by atomic mass is 16.5. The number of hydrogen-bond donors (Lipinski definition) is 2. The minimum atomic E-state index is -0.615. The summed E-state index contributed by atoms with van der Waals surface area (Å²) < 4.78 is 6.16. The summed E-state index contributed by atoms with van der Waals surface area (Å²) in [5.41, 5.74) is 4.95. The van der Waals surface area contributed by atoms with E-state index >= 15 is 0 Å². The van der Waals surface area contributed by atoms with Gasteiger partial charge in [0.1, 0.15) is 5.75 Å². The van der Waals surface area contributed by atoms with Crippen LogP contribution in [0, 0.1) is 0 Å². The zero-order chi connectivity index (χ0) is 23.5. The van der Waals surface area contributed by atoms with Crippen LogP contribution in [0.3, 0.4) is 0 Å². The molecule has 2 aromatic rings. The minimum absolute atomic E-state index is 0.0288. The van der Waals surface area contributed by atoms with Crippen LogP contribution < -0.4 is 15.4 Å². The van der Waals surface area contributed by atoms with Gasteiger partial charge in [-0.3, -0.25) is 9.78 Å². The minimum Gasteiger partial charge on any atom is -0.488 e. The fraction of sp³-hybridized carbons (Fsp3) is 0.407. The molecule has 2 N–H and O–H groups in total. The van der Waals surface area contributed by atoms with Gasteiger partial charge >= 0.3 is 0 Å². The summed E-state index contributed by atoms with van der Waals surface area (Å²) in [5, 5.41) is 15.4. The topological polar surface area (TPSA) is 88.0 Å². The number of ether oxygens (including phenoxy) is 1. The van der Waals surface area contributed by atoms with Crippen molar-refractivity contribution in [2.45, 2.75) is 69.7 Å². The Morgan fingerprint density at radius 3 is 2.85 bits per heavy atom. The van der Waals surface area contributed by atoms with Crippen molar-refractivity contribution in [1.29, 1.82) is 0 Å². The third-order valence-electron chi connectivity index (χ3n) is 7.30. The van der Waals surface area contributed by atoms with Crippen LogP contribution in [0.1, 0.15) is 52.0 Å². The number of hydrogen-bond acceptors (Lipinski definition) is 6. The molecule has 7 nitrogen and oxygen atoms in total. The Morgan fingerprint density at radius 1 is 1.21 bits per heavy atom. The second-order valence-electron chi connectivity index (χ2n) is 10.3. The van der Waals surface area contributed by atoms with Crippen molar-refractivity contribution in [2.75, 3.05) is 0 Å². The molecule has 0 spiro atoms. The van der Waals surface area contributed by atoms with Gasteiger partial charge < -0.3 is 15.4 Å². The smallest absolute Gasteiger partial charge is 0.250 e. The molecule has 2 atom stereocenters. The van der Waals surface area contributed by atoms with Crippen molar-refractivity contribution >= 4 is 5.91 Å². The second-order valence-corrected chi connectivity index (χ2v) is 10.3. The zero-order valence-electron chi connectivity index (χ0n) is 19.8. The largest absolute Gasteiger partial charge is 0.488 e. The maximum atomic E-state index is 13.6. The third-order valence-corrected chi connectivity index (χ3v) is 7.30. The monoisotopic (exact) mass is 455 g/mol. The standard InChI is InChI=1S/C27H29N5O2/c1-4-27(20-14-29-32-24(20)30-21-13-26(2,3)31-25(33)23(21)27)17-7-5-6-16(12-17)19-10-11-28-15-22(19)34-18-8-9-18/h5-7,10-12,14-15,18,24,30H,4,8-9,13H2,1-3H3,(H,31,33)/t24?,27-/m0/s1. The van der Waals surface area contributed by atoms with Gasteiger partial charge in [0, 0.05) is 35.0 Å². The molecular formula is C27H29N5O2. The Bertz CT molecular complexity index is 1270. The maximum Gasteiger partial charge on any atom is 0.250 e. The number of rotatable bonds is 5. The maximum absolute atomic E-state index is 13.6. The van der Waals surface area contributed by atoms with Crippen molar-refractivity contribution in [3.63, 3.8) is 0 Å². The molecule has 0 bridgehead atoms. The quantitative estimate of drug-likeness (QED) is 0.680. The highest BCUT2D eigenvalue weighted by Crippen LogP contribution is 2.51. The van der Waals surface area contributed by atoms with E-state index in [4.69, 9.17) is 4.74 Å². The predicted octanol–water partition coefficient (Wildman–Crippen LogP) is 4.77. The van der Waals surface area contributed by atoms with Crippen LogP contribution in [0.25, 0.3) is 11.1 Å². The van der Waals surface area contributed by atoms with Crippen LogP contribution in [-0.2, 0) is 10.2 Å². The molecule has 3 aliphatic heterocycles. The number of nitrogens with one attached hydrogen (secondary N) is 2. The molecule has 4 heterocycles. The first-order chi connectivity index (χ1) is 16.4. The van der Waals surface area contributed by atoms with Crippen molar-refractivity contribution in [3.05, 3.63) is 71.3 Å². The van der Waals surface area contributed by atoms with Gasteiger partial charge in [-0.1, -0.05) is 25.1 Å². The number of azo groups is 1. The van der Waals surface area contributed by atoms with E-state index in [0.29, 0.717) is 0 Å². The van der Waals surface area contributed by atoms with Crippen LogP contribution in [0.15, 0.2) is 76.0 Å². The van der Waals surface area contributed by atoms with Gasteiger partial charge in [0.15, 0.2) is 6.17 Å². The average Bonchev–Trinajstić information content (AvgIpc) is 3.50. The molecule has 0 radical (unpaired) electrons. The van der Waals surface area contributed by atoms with Gasteiger partial charge in [0.2, 0.25) is 0 Å². The number of pyridine rings is 1. The summed E-state index contributed by atoms with van der Waals surface area (Å²) in [6.45, 7) is 6.24. The summed E-state index contributed by atoms with van der Waals surface area (Å²) in [6.07, 6.45) is 9.08. The van der Waals surface area contributed by atoms with Crippen LogP contribution >= 0.6 is 0 Å². The van der Waals surface area contributed by atoms with Gasteiger partial charge in [0.25, 0.3) is 5.91 Å². The fourth-order valence-electron chi connectivity index (χ4n) is 5.64. The fourth-order valence-corrected chi connectivity index (χ4v) is 5.64. The molecule has 174 valence electrons. The van der Waals surface area contributed by atoms with Crippen molar-refractivity contribution < 1.29 is 9.53 Å². The van der Waals surface area contributed by atoms with Gasteiger partial charge in [0.05, 0.1) is 29.5 Å². The van der Waals surface area contributed by atoms with Gasteiger partial charge in [-0.05, 0) is 56.4 Å². The number of fused-ring (bicyclic) bond motifs is 1. The first-order valence-corrected chi connectivity index (χ1v) is 12.1. The molecular weight excluding hydrogens is 426 g/mol. The summed E-state index contributed by atoms with van der Waals surface area (Å²) in [6, 6.07) is 10.5. The SMILES string of the molecule is CC[C@]1(c2cccc(-c3ccncc3OC3CC3)c2)C2=CN=NC2NC2=C1C(=O)NC(C)(C)C2. The van der Waals surface area contributed by atoms with Crippen LogP contribution in [-0.4, -0.2) is 28.7 Å². The van der Waals surface area contributed by atoms with E-state index in [1.54, 1.807) is 12.4 Å². The number of carbonyl (C=O) groups excluding carboxylic acids is 1. The number of amides is 1. The highest BCUT2D eigenvalue weighted by Gasteiger charge is 2.53. The van der Waals surface area contributed by atoms with Gasteiger partial charge in [-0.15, -0.1) is 0 Å². The van der Waals surface area contributed by atoms with E-state index in [0.717, 1.165) is 65.0 Å². The first kappa shape index (κ1) is 21.1. The van der Waals surface area contributed by atoms with Crippen LogP contribution in [0.2, 0.25) is 0 Å². The molecule has 4 aliphatic rings. The van der Waals surface area contributed by atoms with Crippen LogP contribution in [0.4, 0.5) is 0 Å². The highest BCUT2D eigenvalue weighted by molar-refractivity contribution is 6.00. The Kier molecular flexibility index (Phi) is 4.66. The lowest BCUT2D eigenvalue weighted by Gasteiger charge is -2.48. The van der Waals surface area contributed by atoms with E-state index in [1.807, 2.05) is 12.3 Å². The third kappa shape index (κ3) is 3.25. The number of aromatic nitrogens is 1. The lowest BCUT2D eigenvalue weighted by Crippen LogP contribution is -2.58. The molecule has 0 saturated heterocycles. The number of carbonyl (C=O) groups is 1. The molecule has 1 fully saturated rings. The first-order valence-electron chi connectivity index (χ1n) is 12.1. The van der Waals surface area contributed by atoms with E-state index in [1.165, 1.54) is 0 Å². The second kappa shape index (κ2) is 7.52. The van der Waals surface area contributed by atoms with Crippen molar-refractivity contribution in [1.82, 2.24) is 15.6 Å². The van der Waals surface area contributed by atoms with Crippen LogP contribution in [0.5, 0.6) is 5.75 Å². The summed E-state index contributed by atoms with van der Waals surface area (Å²) in [7, 11) is 0.